The molecular weight excluding hydrogens is 350 g/mol. The zero-order valence-electron chi connectivity index (χ0n) is 16.1. The molecule has 28 heavy (non-hydrogen) atoms. The second-order valence-corrected chi connectivity index (χ2v) is 7.36. The summed E-state index contributed by atoms with van der Waals surface area (Å²) in [6, 6.07) is 16.0. The first-order valence-corrected chi connectivity index (χ1v) is 9.65. The van der Waals surface area contributed by atoms with Crippen molar-refractivity contribution in [2.24, 2.45) is 0 Å². The van der Waals surface area contributed by atoms with Gasteiger partial charge in [0.05, 0.1) is 18.5 Å². The van der Waals surface area contributed by atoms with Crippen LogP contribution in [0.1, 0.15) is 17.0 Å². The first kappa shape index (κ1) is 18.4. The lowest BCUT2D eigenvalue weighted by molar-refractivity contribution is -0.132. The first-order chi connectivity index (χ1) is 13.6. The number of hydrogen-bond acceptors (Lipinski definition) is 5. The number of rotatable bonds is 4. The van der Waals surface area contributed by atoms with Gasteiger partial charge in [-0.05, 0) is 24.6 Å². The highest BCUT2D eigenvalue weighted by Gasteiger charge is 2.22. The van der Waals surface area contributed by atoms with Gasteiger partial charge in [-0.15, -0.1) is 0 Å². The summed E-state index contributed by atoms with van der Waals surface area (Å²) < 4.78 is 0. The largest absolute Gasteiger partial charge is 0.383 e. The fourth-order valence-corrected chi connectivity index (χ4v) is 3.57. The number of fused-ring (bicyclic) bond motifs is 1. The molecule has 144 valence electrons. The van der Waals surface area contributed by atoms with E-state index >= 15 is 0 Å². The van der Waals surface area contributed by atoms with Crippen LogP contribution in [0.25, 0.3) is 10.9 Å². The third kappa shape index (κ3) is 4.12. The maximum absolute atomic E-state index is 12.6. The quantitative estimate of drug-likeness (QED) is 0.758. The van der Waals surface area contributed by atoms with Gasteiger partial charge in [-0.3, -0.25) is 9.69 Å². The number of carbonyl (C=O) groups is 1. The summed E-state index contributed by atoms with van der Waals surface area (Å²) in [5.74, 6) is 1.44. The third-order valence-electron chi connectivity index (χ3n) is 5.24. The number of para-hydroxylation sites is 1. The van der Waals surface area contributed by atoms with E-state index in [0.717, 1.165) is 48.5 Å². The molecule has 0 unspecified atom stereocenters. The zero-order valence-corrected chi connectivity index (χ0v) is 16.1. The molecule has 0 spiro atoms. The maximum atomic E-state index is 12.6. The van der Waals surface area contributed by atoms with Gasteiger partial charge in [-0.1, -0.05) is 42.0 Å². The fraction of sp³-hybridized carbons (Fsp3) is 0.318. The van der Waals surface area contributed by atoms with Crippen molar-refractivity contribution in [1.82, 2.24) is 19.8 Å². The number of hydrogen-bond donors (Lipinski definition) is 1. The standard InChI is InChI=1S/C22H25N5O/c1-16-6-8-17(9-7-16)14-21(28)27-12-10-26(11-13-27)15-20-24-19-5-3-2-4-18(19)22(23)25-20/h2-9H,10-15H2,1H3,(H2,23,24,25). The number of anilines is 1. The Bertz CT molecular complexity index is 978. The van der Waals surface area contributed by atoms with Gasteiger partial charge in [0.2, 0.25) is 5.91 Å². The number of nitrogen functional groups attached to an aromatic ring is 1. The summed E-state index contributed by atoms with van der Waals surface area (Å²) in [7, 11) is 0. The molecule has 0 aliphatic carbocycles. The molecule has 0 saturated carbocycles. The molecule has 2 heterocycles. The molecular formula is C22H25N5O. The van der Waals surface area contributed by atoms with Gasteiger partial charge in [0.15, 0.2) is 0 Å². The molecule has 3 aromatic rings. The molecule has 0 atom stereocenters. The van der Waals surface area contributed by atoms with Gasteiger partial charge in [-0.25, -0.2) is 9.97 Å². The number of carbonyl (C=O) groups excluding carboxylic acids is 1. The molecule has 1 fully saturated rings. The summed E-state index contributed by atoms with van der Waals surface area (Å²) in [6.07, 6.45) is 0.463. The number of nitrogens with zero attached hydrogens (tertiary/aromatic N) is 4. The number of nitrogens with two attached hydrogens (primary N) is 1. The van der Waals surface area contributed by atoms with Crippen molar-refractivity contribution in [3.05, 3.63) is 65.5 Å². The van der Waals surface area contributed by atoms with Crippen LogP contribution < -0.4 is 5.73 Å². The summed E-state index contributed by atoms with van der Waals surface area (Å²) in [6.45, 7) is 5.79. The number of benzene rings is 2. The molecule has 2 N–H and O–H groups in total. The molecule has 6 nitrogen and oxygen atoms in total. The van der Waals surface area contributed by atoms with Crippen LogP contribution in [-0.4, -0.2) is 51.9 Å². The summed E-state index contributed by atoms with van der Waals surface area (Å²) in [4.78, 5) is 25.9. The highest BCUT2D eigenvalue weighted by Crippen LogP contribution is 2.18. The molecule has 1 aromatic heterocycles. The number of amides is 1. The van der Waals surface area contributed by atoms with E-state index in [2.05, 4.69) is 33.9 Å². The molecule has 4 rings (SSSR count). The van der Waals surface area contributed by atoms with E-state index in [9.17, 15) is 4.79 Å². The Morgan fingerprint density at radius 3 is 2.46 bits per heavy atom. The number of piperazine rings is 1. The normalized spacial score (nSPS) is 15.1. The van der Waals surface area contributed by atoms with Crippen LogP contribution in [0.5, 0.6) is 0 Å². The Kier molecular flexibility index (Phi) is 5.21. The van der Waals surface area contributed by atoms with Crippen LogP contribution in [0.2, 0.25) is 0 Å². The van der Waals surface area contributed by atoms with Crippen LogP contribution in [0.15, 0.2) is 48.5 Å². The van der Waals surface area contributed by atoms with E-state index in [1.54, 1.807) is 0 Å². The van der Waals surface area contributed by atoms with E-state index < -0.39 is 0 Å². The van der Waals surface area contributed by atoms with E-state index in [-0.39, 0.29) is 5.91 Å². The van der Waals surface area contributed by atoms with Gasteiger partial charge in [-0.2, -0.15) is 0 Å². The van der Waals surface area contributed by atoms with Crippen LogP contribution >= 0.6 is 0 Å². The van der Waals surface area contributed by atoms with Gasteiger partial charge in [0, 0.05) is 31.6 Å². The first-order valence-electron chi connectivity index (χ1n) is 9.65. The van der Waals surface area contributed by atoms with Crippen LogP contribution in [-0.2, 0) is 17.8 Å². The summed E-state index contributed by atoms with van der Waals surface area (Å²) in [5.41, 5.74) is 9.23. The SMILES string of the molecule is Cc1ccc(CC(=O)N2CCN(Cc3nc(N)c4ccccc4n3)CC2)cc1. The topological polar surface area (TPSA) is 75.4 Å². The lowest BCUT2D eigenvalue weighted by Gasteiger charge is -2.34. The highest BCUT2D eigenvalue weighted by atomic mass is 16.2. The van der Waals surface area contributed by atoms with Crippen molar-refractivity contribution in [2.75, 3.05) is 31.9 Å². The average Bonchev–Trinajstić information content (AvgIpc) is 2.70. The number of aromatic nitrogens is 2. The molecule has 0 radical (unpaired) electrons. The Labute approximate surface area is 165 Å². The smallest absolute Gasteiger partial charge is 0.227 e. The predicted molar refractivity (Wildman–Crippen MR) is 111 cm³/mol. The number of aryl methyl sites for hydroxylation is 1. The summed E-state index contributed by atoms with van der Waals surface area (Å²) >= 11 is 0. The molecule has 1 aliphatic heterocycles. The molecule has 1 saturated heterocycles. The van der Waals surface area contributed by atoms with Crippen molar-refractivity contribution >= 4 is 22.6 Å². The second kappa shape index (κ2) is 7.94. The van der Waals surface area contributed by atoms with Crippen molar-refractivity contribution in [1.29, 1.82) is 0 Å². The predicted octanol–water partition coefficient (Wildman–Crippen LogP) is 2.41. The maximum Gasteiger partial charge on any atom is 0.227 e. The van der Waals surface area contributed by atoms with E-state index in [4.69, 9.17) is 5.73 Å². The van der Waals surface area contributed by atoms with Crippen molar-refractivity contribution in [3.8, 4) is 0 Å². The van der Waals surface area contributed by atoms with Crippen molar-refractivity contribution < 1.29 is 4.79 Å². The fourth-order valence-electron chi connectivity index (χ4n) is 3.57. The van der Waals surface area contributed by atoms with Gasteiger partial charge >= 0.3 is 0 Å². The minimum atomic E-state index is 0.190. The van der Waals surface area contributed by atoms with Crippen molar-refractivity contribution in [2.45, 2.75) is 19.9 Å². The van der Waals surface area contributed by atoms with Crippen molar-refractivity contribution in [3.63, 3.8) is 0 Å². The molecule has 2 aromatic carbocycles. The summed E-state index contributed by atoms with van der Waals surface area (Å²) in [5, 5.41) is 0.887. The van der Waals surface area contributed by atoms with Crippen LogP contribution in [0.3, 0.4) is 0 Å². The van der Waals surface area contributed by atoms with Gasteiger partial charge < -0.3 is 10.6 Å². The van der Waals surface area contributed by atoms with Crippen LogP contribution in [0.4, 0.5) is 5.82 Å². The third-order valence-corrected chi connectivity index (χ3v) is 5.24. The lowest BCUT2D eigenvalue weighted by atomic mass is 10.1. The molecule has 1 aliphatic rings. The monoisotopic (exact) mass is 375 g/mol. The van der Waals surface area contributed by atoms with Crippen LogP contribution in [0, 0.1) is 6.92 Å². The zero-order chi connectivity index (χ0) is 19.5. The van der Waals surface area contributed by atoms with E-state index in [1.807, 2.05) is 41.3 Å². The van der Waals surface area contributed by atoms with Gasteiger partial charge in [0.1, 0.15) is 11.6 Å². The van der Waals surface area contributed by atoms with E-state index in [1.165, 1.54) is 5.56 Å². The molecule has 6 heteroatoms. The van der Waals surface area contributed by atoms with E-state index in [0.29, 0.717) is 18.8 Å². The minimum Gasteiger partial charge on any atom is -0.383 e. The van der Waals surface area contributed by atoms with Gasteiger partial charge in [0.25, 0.3) is 0 Å². The molecule has 0 bridgehead atoms. The Morgan fingerprint density at radius 1 is 1.00 bits per heavy atom. The highest BCUT2D eigenvalue weighted by molar-refractivity contribution is 5.87. The Balaban J connectivity index is 1.34. The average molecular weight is 375 g/mol. The Morgan fingerprint density at radius 2 is 1.71 bits per heavy atom. The minimum absolute atomic E-state index is 0.190. The second-order valence-electron chi connectivity index (χ2n) is 7.36. The Hall–Kier alpha value is -2.99. The molecule has 1 amide bonds. The lowest BCUT2D eigenvalue weighted by Crippen LogP contribution is -2.48.